The third kappa shape index (κ3) is 3.32. The lowest BCUT2D eigenvalue weighted by Gasteiger charge is -2.24. The Bertz CT molecular complexity index is 407. The minimum absolute atomic E-state index is 0.0498. The fraction of sp³-hybridized carbons (Fsp3) is 0.500. The lowest BCUT2D eigenvalue weighted by molar-refractivity contribution is 0.0911. The highest BCUT2D eigenvalue weighted by molar-refractivity contribution is 6.34. The summed E-state index contributed by atoms with van der Waals surface area (Å²) in [5, 5.41) is 10.2. The number of amides is 1. The Morgan fingerprint density at radius 2 is 2.06 bits per heavy atom. The molecule has 0 unspecified atom stereocenters. The first-order valence-corrected chi connectivity index (χ1v) is 5.62. The van der Waals surface area contributed by atoms with Gasteiger partial charge in [-0.3, -0.25) is 4.79 Å². The first-order chi connectivity index (χ1) is 7.35. The molecule has 0 atom stereocenters. The fourth-order valence-electron chi connectivity index (χ4n) is 0.975. The van der Waals surface area contributed by atoms with Gasteiger partial charge in [-0.1, -0.05) is 30.1 Å². The van der Waals surface area contributed by atoms with Crippen LogP contribution in [0.3, 0.4) is 0 Å². The van der Waals surface area contributed by atoms with E-state index in [0.717, 1.165) is 6.42 Å². The molecule has 0 aromatic carbocycles. The van der Waals surface area contributed by atoms with Gasteiger partial charge in [0.2, 0.25) is 0 Å². The molecular weight excluding hydrogens is 249 g/mol. The van der Waals surface area contributed by atoms with E-state index in [9.17, 15) is 4.79 Å². The number of rotatable bonds is 3. The molecule has 4 nitrogen and oxygen atoms in total. The first-order valence-electron chi connectivity index (χ1n) is 4.87. The Labute approximate surface area is 104 Å². The summed E-state index contributed by atoms with van der Waals surface area (Å²) in [6, 6.07) is 1.40. The first kappa shape index (κ1) is 13.2. The molecular formula is C10H13Cl2N3O. The molecule has 1 aromatic rings. The Kier molecular flexibility index (Phi) is 4.10. The second-order valence-corrected chi connectivity index (χ2v) is 4.81. The Morgan fingerprint density at radius 3 is 2.62 bits per heavy atom. The highest BCUT2D eigenvalue weighted by Crippen LogP contribution is 2.17. The van der Waals surface area contributed by atoms with Gasteiger partial charge in [0.25, 0.3) is 5.91 Å². The summed E-state index contributed by atoms with van der Waals surface area (Å²) in [4.78, 5) is 11.9. The van der Waals surface area contributed by atoms with Crippen LogP contribution in [0.15, 0.2) is 6.07 Å². The van der Waals surface area contributed by atoms with Crippen LogP contribution in [0.5, 0.6) is 0 Å². The van der Waals surface area contributed by atoms with E-state index in [-0.39, 0.29) is 27.3 Å². The van der Waals surface area contributed by atoms with E-state index in [0.29, 0.717) is 0 Å². The molecule has 1 rings (SSSR count). The van der Waals surface area contributed by atoms with Crippen LogP contribution in [0.1, 0.15) is 37.6 Å². The van der Waals surface area contributed by atoms with Crippen LogP contribution >= 0.6 is 23.2 Å². The molecule has 1 aromatic heterocycles. The van der Waals surface area contributed by atoms with Gasteiger partial charge in [0, 0.05) is 5.54 Å². The summed E-state index contributed by atoms with van der Waals surface area (Å²) in [7, 11) is 0. The molecule has 0 bridgehead atoms. The van der Waals surface area contributed by atoms with Gasteiger partial charge in [0.1, 0.15) is 0 Å². The second kappa shape index (κ2) is 4.97. The second-order valence-electron chi connectivity index (χ2n) is 4.06. The van der Waals surface area contributed by atoms with Crippen molar-refractivity contribution in [3.05, 3.63) is 21.9 Å². The molecule has 1 amide bonds. The summed E-state index contributed by atoms with van der Waals surface area (Å²) in [6.07, 6.45) is 0.808. The lowest BCUT2D eigenvalue weighted by atomic mass is 10.0. The zero-order valence-electron chi connectivity index (χ0n) is 9.34. The van der Waals surface area contributed by atoms with E-state index in [1.807, 2.05) is 20.8 Å². The summed E-state index contributed by atoms with van der Waals surface area (Å²) in [5.74, 6) is -0.298. The average molecular weight is 262 g/mol. The van der Waals surface area contributed by atoms with Crippen molar-refractivity contribution in [1.82, 2.24) is 15.5 Å². The minimum atomic E-state index is -0.298. The van der Waals surface area contributed by atoms with Crippen molar-refractivity contribution in [1.29, 1.82) is 0 Å². The van der Waals surface area contributed by atoms with Crippen LogP contribution in [0.25, 0.3) is 0 Å². The number of hydrogen-bond acceptors (Lipinski definition) is 3. The van der Waals surface area contributed by atoms with E-state index >= 15 is 0 Å². The predicted octanol–water partition coefficient (Wildman–Crippen LogP) is 2.70. The largest absolute Gasteiger partial charge is 0.347 e. The summed E-state index contributed by atoms with van der Waals surface area (Å²) >= 11 is 11.4. The van der Waals surface area contributed by atoms with Gasteiger partial charge in [-0.25, -0.2) is 0 Å². The SMILES string of the molecule is CCC(C)(C)NC(=O)c1cc(Cl)nnc1Cl. The number of nitrogens with one attached hydrogen (secondary N) is 1. The number of nitrogens with zero attached hydrogens (tertiary/aromatic N) is 2. The van der Waals surface area contributed by atoms with Gasteiger partial charge in [0.15, 0.2) is 10.3 Å². The van der Waals surface area contributed by atoms with E-state index in [1.54, 1.807) is 0 Å². The monoisotopic (exact) mass is 261 g/mol. The smallest absolute Gasteiger partial charge is 0.255 e. The number of aromatic nitrogens is 2. The van der Waals surface area contributed by atoms with Crippen molar-refractivity contribution in [2.45, 2.75) is 32.7 Å². The molecule has 0 aliphatic rings. The van der Waals surface area contributed by atoms with Crippen molar-refractivity contribution in [2.24, 2.45) is 0 Å². The van der Waals surface area contributed by atoms with Crippen LogP contribution in [-0.4, -0.2) is 21.6 Å². The maximum absolute atomic E-state index is 11.9. The highest BCUT2D eigenvalue weighted by atomic mass is 35.5. The summed E-state index contributed by atoms with van der Waals surface area (Å²) in [6.45, 7) is 5.84. The molecule has 0 saturated heterocycles. The van der Waals surface area contributed by atoms with Crippen molar-refractivity contribution < 1.29 is 4.79 Å². The van der Waals surface area contributed by atoms with Crippen molar-refractivity contribution in [3.63, 3.8) is 0 Å². The summed E-state index contributed by atoms with van der Waals surface area (Å²) in [5.41, 5.74) is -0.0564. The van der Waals surface area contributed by atoms with Crippen molar-refractivity contribution in [2.75, 3.05) is 0 Å². The number of carbonyl (C=O) groups excluding carboxylic acids is 1. The van der Waals surface area contributed by atoms with Crippen LogP contribution in [0, 0.1) is 0 Å². The van der Waals surface area contributed by atoms with Crippen molar-refractivity contribution in [3.8, 4) is 0 Å². The topological polar surface area (TPSA) is 54.9 Å². The number of halogens is 2. The van der Waals surface area contributed by atoms with Gasteiger partial charge < -0.3 is 5.32 Å². The fourth-order valence-corrected chi connectivity index (χ4v) is 1.30. The predicted molar refractivity (Wildman–Crippen MR) is 63.9 cm³/mol. The maximum Gasteiger partial charge on any atom is 0.255 e. The molecule has 0 fully saturated rings. The number of hydrogen-bond donors (Lipinski definition) is 1. The third-order valence-corrected chi connectivity index (χ3v) is 2.76. The Morgan fingerprint density at radius 1 is 1.44 bits per heavy atom. The quantitative estimate of drug-likeness (QED) is 0.911. The van der Waals surface area contributed by atoms with E-state index in [4.69, 9.17) is 23.2 Å². The zero-order chi connectivity index (χ0) is 12.3. The molecule has 6 heteroatoms. The van der Waals surface area contributed by atoms with Crippen LogP contribution in [0.2, 0.25) is 10.3 Å². The van der Waals surface area contributed by atoms with Crippen molar-refractivity contribution >= 4 is 29.1 Å². The van der Waals surface area contributed by atoms with Crippen LogP contribution < -0.4 is 5.32 Å². The van der Waals surface area contributed by atoms with E-state index in [1.165, 1.54) is 6.07 Å². The van der Waals surface area contributed by atoms with Crippen LogP contribution in [-0.2, 0) is 0 Å². The lowest BCUT2D eigenvalue weighted by Crippen LogP contribution is -2.42. The Hall–Kier alpha value is -0.870. The normalized spacial score (nSPS) is 11.3. The molecule has 1 N–H and O–H groups in total. The molecule has 0 aliphatic carbocycles. The number of carbonyl (C=O) groups is 1. The molecule has 0 aliphatic heterocycles. The van der Waals surface area contributed by atoms with Crippen LogP contribution in [0.4, 0.5) is 0 Å². The van der Waals surface area contributed by atoms with Gasteiger partial charge in [-0.15, -0.1) is 10.2 Å². The average Bonchev–Trinajstić information content (AvgIpc) is 2.21. The highest BCUT2D eigenvalue weighted by Gasteiger charge is 2.21. The molecule has 0 saturated carbocycles. The summed E-state index contributed by atoms with van der Waals surface area (Å²) < 4.78 is 0. The van der Waals surface area contributed by atoms with E-state index < -0.39 is 0 Å². The zero-order valence-corrected chi connectivity index (χ0v) is 10.9. The Balaban J connectivity index is 2.93. The van der Waals surface area contributed by atoms with Gasteiger partial charge >= 0.3 is 0 Å². The molecule has 16 heavy (non-hydrogen) atoms. The van der Waals surface area contributed by atoms with E-state index in [2.05, 4.69) is 15.5 Å². The third-order valence-electron chi connectivity index (χ3n) is 2.30. The minimum Gasteiger partial charge on any atom is -0.347 e. The maximum atomic E-state index is 11.9. The standard InChI is InChI=1S/C10H13Cl2N3O/c1-4-10(2,3)13-9(16)6-5-7(11)14-15-8(6)12/h5H,4H2,1-3H3,(H,13,16). The van der Waals surface area contributed by atoms with Gasteiger partial charge in [-0.2, -0.15) is 0 Å². The molecule has 88 valence electrons. The van der Waals surface area contributed by atoms with Gasteiger partial charge in [-0.05, 0) is 26.3 Å². The molecule has 0 radical (unpaired) electrons. The molecule has 1 heterocycles. The molecule has 0 spiro atoms. The van der Waals surface area contributed by atoms with Gasteiger partial charge in [0.05, 0.1) is 5.56 Å².